The first kappa shape index (κ1) is 8.73. The Balaban J connectivity index is 2.68. The van der Waals surface area contributed by atoms with Gasteiger partial charge in [-0.05, 0) is 12.1 Å². The summed E-state index contributed by atoms with van der Waals surface area (Å²) in [5, 5.41) is 1.59. The van der Waals surface area contributed by atoms with Gasteiger partial charge in [-0.1, -0.05) is 11.6 Å². The highest BCUT2D eigenvalue weighted by Crippen LogP contribution is 2.17. The first-order valence-electron chi connectivity index (χ1n) is 3.76. The Kier molecular flexibility index (Phi) is 2.34. The van der Waals surface area contributed by atoms with Crippen LogP contribution in [0.1, 0.15) is 5.69 Å². The first-order chi connectivity index (χ1) is 6.29. The van der Waals surface area contributed by atoms with Gasteiger partial charge in [-0.3, -0.25) is 9.97 Å². The third kappa shape index (κ3) is 1.74. The van der Waals surface area contributed by atoms with E-state index in [-0.39, 0.29) is 0 Å². The van der Waals surface area contributed by atoms with E-state index in [1.807, 2.05) is 12.1 Å². The molecule has 0 amide bonds. The van der Waals surface area contributed by atoms with Gasteiger partial charge in [0.05, 0.1) is 28.3 Å². The van der Waals surface area contributed by atoms with Crippen LogP contribution >= 0.6 is 23.2 Å². The minimum atomic E-state index is 0.405. The van der Waals surface area contributed by atoms with Gasteiger partial charge >= 0.3 is 0 Å². The van der Waals surface area contributed by atoms with E-state index in [4.69, 9.17) is 23.2 Å². The molecule has 2 aromatic heterocycles. The zero-order valence-electron chi connectivity index (χ0n) is 6.67. The Morgan fingerprint density at radius 1 is 1.15 bits per heavy atom. The van der Waals surface area contributed by atoms with E-state index in [0.717, 1.165) is 16.6 Å². The number of rotatable bonds is 1. The highest BCUT2D eigenvalue weighted by Gasteiger charge is 1.98. The van der Waals surface area contributed by atoms with Crippen LogP contribution in [-0.4, -0.2) is 9.97 Å². The minimum Gasteiger partial charge on any atom is -0.258 e. The molecule has 0 saturated carbocycles. The Morgan fingerprint density at radius 3 is 2.77 bits per heavy atom. The molecule has 0 aliphatic carbocycles. The molecule has 66 valence electrons. The fraction of sp³-hybridized carbons (Fsp3) is 0.111. The van der Waals surface area contributed by atoms with Crippen LogP contribution in [0.15, 0.2) is 24.5 Å². The van der Waals surface area contributed by atoms with Gasteiger partial charge < -0.3 is 0 Å². The maximum absolute atomic E-state index is 5.80. The second kappa shape index (κ2) is 3.48. The van der Waals surface area contributed by atoms with Gasteiger partial charge in [0.25, 0.3) is 0 Å². The lowest BCUT2D eigenvalue weighted by Gasteiger charge is -1.98. The quantitative estimate of drug-likeness (QED) is 0.680. The Labute approximate surface area is 85.5 Å². The number of alkyl halides is 1. The topological polar surface area (TPSA) is 25.8 Å². The SMILES string of the molecule is ClCc1cc2cc(Cl)cnc2cn1. The standard InChI is InChI=1S/C9H6Cl2N2/c10-3-8-2-6-1-7(11)4-13-9(6)5-12-8/h1-2,4-5H,3H2. The fourth-order valence-corrected chi connectivity index (χ4v) is 1.44. The highest BCUT2D eigenvalue weighted by atomic mass is 35.5. The maximum Gasteiger partial charge on any atom is 0.0886 e. The normalized spacial score (nSPS) is 10.6. The van der Waals surface area contributed by atoms with E-state index in [0.29, 0.717) is 10.9 Å². The average Bonchev–Trinajstić information content (AvgIpc) is 2.16. The van der Waals surface area contributed by atoms with Gasteiger partial charge in [-0.25, -0.2) is 0 Å². The summed E-state index contributed by atoms with van der Waals surface area (Å²) in [6, 6.07) is 3.74. The van der Waals surface area contributed by atoms with Crippen LogP contribution in [0.3, 0.4) is 0 Å². The number of hydrogen-bond donors (Lipinski definition) is 0. The lowest BCUT2D eigenvalue weighted by atomic mass is 10.2. The van der Waals surface area contributed by atoms with E-state index in [1.165, 1.54) is 0 Å². The monoisotopic (exact) mass is 212 g/mol. The van der Waals surface area contributed by atoms with Crippen molar-refractivity contribution < 1.29 is 0 Å². The molecule has 0 atom stereocenters. The molecule has 0 aliphatic rings. The van der Waals surface area contributed by atoms with Crippen molar-refractivity contribution in [2.75, 3.05) is 0 Å². The zero-order chi connectivity index (χ0) is 9.26. The van der Waals surface area contributed by atoms with Crippen LogP contribution in [-0.2, 0) is 5.88 Å². The smallest absolute Gasteiger partial charge is 0.0886 e. The number of fused-ring (bicyclic) bond motifs is 1. The lowest BCUT2D eigenvalue weighted by molar-refractivity contribution is 1.18. The van der Waals surface area contributed by atoms with Crippen molar-refractivity contribution in [3.8, 4) is 0 Å². The molecule has 2 nitrogen and oxygen atoms in total. The van der Waals surface area contributed by atoms with Crippen molar-refractivity contribution in [3.63, 3.8) is 0 Å². The summed E-state index contributed by atoms with van der Waals surface area (Å²) in [5.74, 6) is 0.405. The minimum absolute atomic E-state index is 0.405. The Morgan fingerprint density at radius 2 is 2.00 bits per heavy atom. The van der Waals surface area contributed by atoms with Crippen molar-refractivity contribution in [1.82, 2.24) is 9.97 Å². The lowest BCUT2D eigenvalue weighted by Crippen LogP contribution is -1.86. The number of hydrogen-bond acceptors (Lipinski definition) is 2. The van der Waals surface area contributed by atoms with Gasteiger partial charge in [0, 0.05) is 11.6 Å². The molecule has 0 unspecified atom stereocenters. The average molecular weight is 213 g/mol. The summed E-state index contributed by atoms with van der Waals surface area (Å²) < 4.78 is 0. The predicted octanol–water partition coefficient (Wildman–Crippen LogP) is 3.02. The van der Waals surface area contributed by atoms with Crippen LogP contribution in [0.4, 0.5) is 0 Å². The van der Waals surface area contributed by atoms with Gasteiger partial charge in [0.1, 0.15) is 0 Å². The van der Waals surface area contributed by atoms with Gasteiger partial charge in [0.15, 0.2) is 0 Å². The molecule has 0 aromatic carbocycles. The molecule has 13 heavy (non-hydrogen) atoms. The van der Waals surface area contributed by atoms with Gasteiger partial charge in [-0.15, -0.1) is 11.6 Å². The van der Waals surface area contributed by atoms with Crippen LogP contribution in [0.25, 0.3) is 10.9 Å². The van der Waals surface area contributed by atoms with E-state index in [2.05, 4.69) is 9.97 Å². The summed E-state index contributed by atoms with van der Waals surface area (Å²) in [6.07, 6.45) is 3.30. The first-order valence-corrected chi connectivity index (χ1v) is 4.67. The van der Waals surface area contributed by atoms with E-state index >= 15 is 0 Å². The molecular weight excluding hydrogens is 207 g/mol. The van der Waals surface area contributed by atoms with Crippen molar-refractivity contribution in [1.29, 1.82) is 0 Å². The summed E-state index contributed by atoms with van der Waals surface area (Å²) in [6.45, 7) is 0. The van der Waals surface area contributed by atoms with Crippen LogP contribution in [0.5, 0.6) is 0 Å². The van der Waals surface area contributed by atoms with E-state index in [9.17, 15) is 0 Å². The maximum atomic E-state index is 5.80. The molecule has 0 radical (unpaired) electrons. The summed E-state index contributed by atoms with van der Waals surface area (Å²) in [5.41, 5.74) is 1.66. The molecule has 4 heteroatoms. The molecule has 0 saturated heterocycles. The molecule has 2 heterocycles. The van der Waals surface area contributed by atoms with Crippen molar-refractivity contribution >= 4 is 34.1 Å². The largest absolute Gasteiger partial charge is 0.258 e. The molecule has 0 aliphatic heterocycles. The predicted molar refractivity (Wildman–Crippen MR) is 54.1 cm³/mol. The van der Waals surface area contributed by atoms with Gasteiger partial charge in [0.2, 0.25) is 0 Å². The molecule has 2 rings (SSSR count). The summed E-state index contributed by atoms with van der Waals surface area (Å²) >= 11 is 11.4. The summed E-state index contributed by atoms with van der Waals surface area (Å²) in [7, 11) is 0. The van der Waals surface area contributed by atoms with Crippen LogP contribution < -0.4 is 0 Å². The third-order valence-corrected chi connectivity index (χ3v) is 2.21. The van der Waals surface area contributed by atoms with Crippen molar-refractivity contribution in [2.45, 2.75) is 5.88 Å². The second-order valence-corrected chi connectivity index (χ2v) is 3.36. The Hall–Kier alpha value is -0.860. The molecule has 0 spiro atoms. The number of halogens is 2. The summed E-state index contributed by atoms with van der Waals surface area (Å²) in [4.78, 5) is 8.24. The van der Waals surface area contributed by atoms with Crippen molar-refractivity contribution in [3.05, 3.63) is 35.2 Å². The second-order valence-electron chi connectivity index (χ2n) is 2.66. The number of aromatic nitrogens is 2. The third-order valence-electron chi connectivity index (χ3n) is 1.73. The molecule has 0 N–H and O–H groups in total. The van der Waals surface area contributed by atoms with Crippen LogP contribution in [0, 0.1) is 0 Å². The molecule has 0 fully saturated rings. The van der Waals surface area contributed by atoms with Gasteiger partial charge in [-0.2, -0.15) is 0 Å². The van der Waals surface area contributed by atoms with Crippen molar-refractivity contribution in [2.24, 2.45) is 0 Å². The molecule has 2 aromatic rings. The number of pyridine rings is 2. The van der Waals surface area contributed by atoms with E-state index in [1.54, 1.807) is 12.4 Å². The number of nitrogens with zero attached hydrogens (tertiary/aromatic N) is 2. The Bertz CT molecular complexity index is 443. The zero-order valence-corrected chi connectivity index (χ0v) is 8.18. The molecule has 0 bridgehead atoms. The highest BCUT2D eigenvalue weighted by molar-refractivity contribution is 6.31. The molecular formula is C9H6Cl2N2. The van der Waals surface area contributed by atoms with Crippen LogP contribution in [0.2, 0.25) is 5.02 Å². The fourth-order valence-electron chi connectivity index (χ4n) is 1.12. The van der Waals surface area contributed by atoms with E-state index < -0.39 is 0 Å².